The van der Waals surface area contributed by atoms with Gasteiger partial charge < -0.3 is 39.7 Å². The van der Waals surface area contributed by atoms with E-state index in [9.17, 15) is 28.8 Å². The molecule has 3 aromatic carbocycles. The molecule has 1 spiro atoms. The van der Waals surface area contributed by atoms with Gasteiger partial charge in [-0.05, 0) is 185 Å². The monoisotopic (exact) mass is 1170 g/mol. The number of nitrogens with one attached hydrogen (secondary N) is 3. The van der Waals surface area contributed by atoms with Crippen LogP contribution in [0.25, 0.3) is 22.3 Å². The number of carbonyl (C=O) groups is 7. The number of imide groups is 2. The van der Waals surface area contributed by atoms with E-state index >= 15 is 9.18 Å². The summed E-state index contributed by atoms with van der Waals surface area (Å²) < 4.78 is 18.0. The maximum absolute atomic E-state index is 16.0. The van der Waals surface area contributed by atoms with Crippen molar-refractivity contribution in [3.05, 3.63) is 94.6 Å². The van der Waals surface area contributed by atoms with E-state index in [1.54, 1.807) is 31.5 Å². The lowest BCUT2D eigenvalue weighted by molar-refractivity contribution is -0.140. The third kappa shape index (κ3) is 10.3. The first-order chi connectivity index (χ1) is 41.4. The summed E-state index contributed by atoms with van der Waals surface area (Å²) in [5, 5.41) is 8.50. The molecule has 13 rings (SSSR count). The Kier molecular flexibility index (Phi) is 15.3. The highest BCUT2D eigenvalue weighted by Gasteiger charge is 2.56. The molecule has 1 atom stereocenters. The number of aryl methyl sites for hydroxylation is 1. The quantitative estimate of drug-likeness (QED) is 0.0951. The molecule has 19 nitrogen and oxygen atoms in total. The topological polar surface area (TPSA) is 206 Å². The molecule has 20 heteroatoms. The molecule has 3 N–H and O–H groups in total. The van der Waals surface area contributed by atoms with E-state index in [0.29, 0.717) is 88.4 Å². The van der Waals surface area contributed by atoms with Gasteiger partial charge in [-0.3, -0.25) is 43.8 Å². The fourth-order valence-electron chi connectivity index (χ4n) is 15.3. The molecule has 8 aliphatic rings. The van der Waals surface area contributed by atoms with E-state index in [1.807, 2.05) is 41.5 Å². The van der Waals surface area contributed by atoms with Crippen LogP contribution >= 0.6 is 0 Å². The second-order valence-corrected chi connectivity index (χ2v) is 26.2. The Morgan fingerprint density at radius 1 is 0.791 bits per heavy atom. The lowest BCUT2D eigenvalue weighted by atomic mass is 9.73. The minimum Gasteiger partial charge on any atom is -0.371 e. The summed E-state index contributed by atoms with van der Waals surface area (Å²) in [6, 6.07) is 15.8. The number of amides is 7. The SMILES string of the molecule is Cc1cc(F)c(Nc2nc(-c3ccc4c(c3)N(C3CC(N5CCCCC5)C3)C(=O)C43CCN(C(=O)C4CCN(CC5CCN(c6cccc7c6C(=O)N(C6CCC(=O)NC6=O)C7=O)CC5)CC4)CC3)cc3ncn(C(C)C)c23)cc1C(=O)NC(C)C. The maximum atomic E-state index is 16.0. The summed E-state index contributed by atoms with van der Waals surface area (Å²) in [5.74, 6) is -1.77. The summed E-state index contributed by atoms with van der Waals surface area (Å²) in [6.07, 6.45) is 11.9. The van der Waals surface area contributed by atoms with Gasteiger partial charge in [0.2, 0.25) is 23.6 Å². The molecule has 1 saturated carbocycles. The number of fused-ring (bicyclic) bond motifs is 4. The summed E-state index contributed by atoms with van der Waals surface area (Å²) in [7, 11) is 0. The lowest BCUT2D eigenvalue weighted by Gasteiger charge is -2.48. The zero-order chi connectivity index (χ0) is 59.9. The van der Waals surface area contributed by atoms with Gasteiger partial charge in [0.05, 0.1) is 45.5 Å². The second kappa shape index (κ2) is 22.9. The van der Waals surface area contributed by atoms with Crippen LogP contribution in [0.1, 0.15) is 159 Å². The first kappa shape index (κ1) is 57.5. The number of benzene rings is 3. The predicted octanol–water partition coefficient (Wildman–Crippen LogP) is 8.26. The molecule has 5 aromatic rings. The summed E-state index contributed by atoms with van der Waals surface area (Å²) in [5.41, 5.74) is 6.23. The summed E-state index contributed by atoms with van der Waals surface area (Å²) in [4.78, 5) is 118. The molecular formula is C66H79FN12O7. The minimum absolute atomic E-state index is 0.0132. The van der Waals surface area contributed by atoms with Gasteiger partial charge in [-0.1, -0.05) is 24.6 Å². The first-order valence-corrected chi connectivity index (χ1v) is 31.5. The number of hydrogen-bond acceptors (Lipinski definition) is 13. The molecule has 1 aliphatic carbocycles. The van der Waals surface area contributed by atoms with Crippen molar-refractivity contribution in [2.24, 2.45) is 11.8 Å². The fourth-order valence-corrected chi connectivity index (χ4v) is 15.3. The molecule has 452 valence electrons. The Labute approximate surface area is 501 Å². The number of likely N-dealkylation sites (tertiary alicyclic amines) is 3. The molecule has 6 fully saturated rings. The van der Waals surface area contributed by atoms with Gasteiger partial charge >= 0.3 is 0 Å². The Bertz CT molecular complexity index is 3560. The third-order valence-corrected chi connectivity index (χ3v) is 20.2. The van der Waals surface area contributed by atoms with Crippen LogP contribution in [-0.4, -0.2) is 159 Å². The fraction of sp³-hybridized carbons (Fsp3) is 0.530. The van der Waals surface area contributed by atoms with Crippen LogP contribution in [0.5, 0.6) is 0 Å². The first-order valence-electron chi connectivity index (χ1n) is 31.5. The van der Waals surface area contributed by atoms with Crippen LogP contribution in [0.3, 0.4) is 0 Å². The number of carbonyl (C=O) groups excluding carboxylic acids is 7. The van der Waals surface area contributed by atoms with E-state index in [-0.39, 0.29) is 60.3 Å². The Morgan fingerprint density at radius 3 is 2.24 bits per heavy atom. The largest absolute Gasteiger partial charge is 0.371 e. The van der Waals surface area contributed by atoms with E-state index < -0.39 is 40.9 Å². The molecule has 7 aliphatic heterocycles. The highest BCUT2D eigenvalue weighted by molar-refractivity contribution is 6.25. The molecule has 7 amide bonds. The van der Waals surface area contributed by atoms with Crippen molar-refractivity contribution in [2.45, 2.75) is 154 Å². The van der Waals surface area contributed by atoms with Crippen molar-refractivity contribution in [1.82, 2.24) is 44.8 Å². The lowest BCUT2D eigenvalue weighted by Crippen LogP contribution is -2.58. The second-order valence-electron chi connectivity index (χ2n) is 26.2. The van der Waals surface area contributed by atoms with Gasteiger partial charge in [0.1, 0.15) is 17.4 Å². The van der Waals surface area contributed by atoms with Crippen LogP contribution in [0.2, 0.25) is 0 Å². The molecule has 9 heterocycles. The van der Waals surface area contributed by atoms with E-state index in [1.165, 1.54) is 25.3 Å². The molecule has 86 heavy (non-hydrogen) atoms. The van der Waals surface area contributed by atoms with Crippen molar-refractivity contribution in [3.8, 4) is 11.3 Å². The van der Waals surface area contributed by atoms with Crippen LogP contribution in [0, 0.1) is 24.6 Å². The van der Waals surface area contributed by atoms with Crippen molar-refractivity contribution in [2.75, 3.05) is 74.0 Å². The van der Waals surface area contributed by atoms with Crippen molar-refractivity contribution >= 4 is 75.3 Å². The number of piperidine rings is 5. The van der Waals surface area contributed by atoms with Gasteiger partial charge in [-0.2, -0.15) is 0 Å². The molecular weight excluding hydrogens is 1090 g/mol. The van der Waals surface area contributed by atoms with Gasteiger partial charge in [0, 0.05) is 86.0 Å². The summed E-state index contributed by atoms with van der Waals surface area (Å²) >= 11 is 0. The minimum atomic E-state index is -1.01. The van der Waals surface area contributed by atoms with Crippen molar-refractivity contribution in [1.29, 1.82) is 0 Å². The maximum Gasteiger partial charge on any atom is 0.264 e. The zero-order valence-electron chi connectivity index (χ0n) is 50.1. The van der Waals surface area contributed by atoms with Crippen LogP contribution < -0.4 is 25.8 Å². The molecule has 0 radical (unpaired) electrons. The van der Waals surface area contributed by atoms with Crippen LogP contribution in [0.4, 0.5) is 27.3 Å². The number of halogens is 1. The molecule has 1 unspecified atom stereocenters. The smallest absolute Gasteiger partial charge is 0.264 e. The normalized spacial score (nSPS) is 23.2. The number of anilines is 4. The predicted molar refractivity (Wildman–Crippen MR) is 325 cm³/mol. The van der Waals surface area contributed by atoms with Gasteiger partial charge in [-0.15, -0.1) is 0 Å². The molecule has 0 bridgehead atoms. The standard InChI is InChI=1S/C66H79FN12O7/c1-38(2)69-60(81)47-34-51(49(67)30-40(47)5)71-59-58-52(68-37-77(58)39(3)4)35-50(70-59)43-12-13-48-55(31-43)78(45-32-44(33-45)74-22-7-6-8-23-74)65(86)66(48)20-28-76(29-21-66)62(83)42-18-24-73(25-19-42)36-41-16-26-75(27-17-41)53-11-9-10-46-57(53)64(85)79(63(46)84)54-14-15-56(80)72-61(54)82/h9-13,30-31,34-35,37-39,41-42,44-45,54H,6-8,14-29,32-33,36H2,1-5H3,(H,69,81)(H,70,71)(H,72,80,82). The van der Waals surface area contributed by atoms with Crippen LogP contribution in [-0.2, 0) is 24.6 Å². The Hall–Kier alpha value is -7.58. The summed E-state index contributed by atoms with van der Waals surface area (Å²) in [6.45, 7) is 16.8. The van der Waals surface area contributed by atoms with Gasteiger partial charge in [0.25, 0.3) is 17.7 Å². The third-order valence-electron chi connectivity index (χ3n) is 20.2. The molecule has 2 aromatic heterocycles. The van der Waals surface area contributed by atoms with Gasteiger partial charge in [-0.25, -0.2) is 14.4 Å². The Balaban J connectivity index is 0.683. The van der Waals surface area contributed by atoms with E-state index in [4.69, 9.17) is 9.97 Å². The average molecular weight is 1170 g/mol. The number of aromatic nitrogens is 3. The van der Waals surface area contributed by atoms with Gasteiger partial charge in [0.15, 0.2) is 5.82 Å². The average Bonchev–Trinajstić information content (AvgIpc) is 1.60. The zero-order valence-corrected chi connectivity index (χ0v) is 50.1. The van der Waals surface area contributed by atoms with Crippen LogP contribution in [0.15, 0.2) is 60.9 Å². The number of nitrogens with zero attached hydrogens (tertiary/aromatic N) is 9. The Morgan fingerprint density at radius 2 is 1.53 bits per heavy atom. The number of imidazole rings is 1. The highest BCUT2D eigenvalue weighted by atomic mass is 19.1. The van der Waals surface area contributed by atoms with Crippen molar-refractivity contribution < 1.29 is 38.0 Å². The van der Waals surface area contributed by atoms with E-state index in [2.05, 4.69) is 61.5 Å². The number of rotatable bonds is 13. The highest BCUT2D eigenvalue weighted by Crippen LogP contribution is 2.53. The number of hydrogen-bond donors (Lipinski definition) is 3. The van der Waals surface area contributed by atoms with Crippen molar-refractivity contribution in [3.63, 3.8) is 0 Å². The van der Waals surface area contributed by atoms with E-state index in [0.717, 1.165) is 106 Å². The number of pyridine rings is 1. The molecule has 5 saturated heterocycles.